The van der Waals surface area contributed by atoms with Gasteiger partial charge in [-0.05, 0) is 18.2 Å². The van der Waals surface area contributed by atoms with Crippen LogP contribution >= 0.6 is 0 Å². The summed E-state index contributed by atoms with van der Waals surface area (Å²) in [6.07, 6.45) is -8.18. The predicted octanol–water partition coefficient (Wildman–Crippen LogP) is -1.10. The Morgan fingerprint density at radius 3 is 2.48 bits per heavy atom. The van der Waals surface area contributed by atoms with E-state index in [9.17, 15) is 24.5 Å². The lowest BCUT2D eigenvalue weighted by molar-refractivity contribution is -0.163. The Morgan fingerprint density at radius 2 is 1.86 bits per heavy atom. The molecule has 0 saturated carbocycles. The summed E-state index contributed by atoms with van der Waals surface area (Å²) in [5.74, 6) is -2.48. The molecular weight excluding hydrogens is 287 g/mol. The summed E-state index contributed by atoms with van der Waals surface area (Å²) in [6.45, 7) is 0. The van der Waals surface area contributed by atoms with Crippen LogP contribution < -0.4 is 0 Å². The highest BCUT2D eigenvalue weighted by Gasteiger charge is 2.36. The molecule has 6 N–H and O–H groups in total. The normalized spacial score (nSPS) is 17.4. The standard InChI is InChI=1S/C12H13FN2O6/c13-4-1-2-5-6(3-4)15-11(14-5)9(18)7(16)8(17)10(19)12(20)21/h1-3,7-10,16-19H,(H,14,15)(H,20,21)/t7?,8-,9?,10?/m0/s1. The number of aliphatic carboxylic acids is 1. The molecule has 1 aromatic heterocycles. The Hall–Kier alpha value is -2.07. The lowest BCUT2D eigenvalue weighted by atomic mass is 10.0. The molecule has 3 unspecified atom stereocenters. The van der Waals surface area contributed by atoms with Crippen LogP contribution in [0.15, 0.2) is 18.2 Å². The Labute approximate surface area is 117 Å². The Kier molecular flexibility index (Phi) is 4.19. The van der Waals surface area contributed by atoms with Crippen molar-refractivity contribution in [3.8, 4) is 0 Å². The maximum atomic E-state index is 13.0. The van der Waals surface area contributed by atoms with Gasteiger partial charge in [-0.15, -0.1) is 0 Å². The molecule has 9 heteroatoms. The number of aromatic amines is 1. The van der Waals surface area contributed by atoms with Crippen LogP contribution in [0.5, 0.6) is 0 Å². The van der Waals surface area contributed by atoms with Crippen molar-refractivity contribution in [2.75, 3.05) is 0 Å². The Bertz CT molecular complexity index is 660. The van der Waals surface area contributed by atoms with E-state index in [0.717, 1.165) is 12.1 Å². The zero-order chi connectivity index (χ0) is 15.7. The first-order valence-electron chi connectivity index (χ1n) is 5.91. The van der Waals surface area contributed by atoms with Gasteiger partial charge in [0, 0.05) is 0 Å². The van der Waals surface area contributed by atoms with Crippen LogP contribution in [-0.2, 0) is 4.79 Å². The van der Waals surface area contributed by atoms with Crippen molar-refractivity contribution < 1.29 is 34.7 Å². The average Bonchev–Trinajstić information content (AvgIpc) is 2.86. The van der Waals surface area contributed by atoms with Crippen molar-refractivity contribution >= 4 is 17.0 Å². The number of nitrogens with one attached hydrogen (secondary N) is 1. The minimum absolute atomic E-state index is 0.195. The average molecular weight is 300 g/mol. The van der Waals surface area contributed by atoms with Gasteiger partial charge in [0.15, 0.2) is 6.10 Å². The van der Waals surface area contributed by atoms with Crippen LogP contribution in [0, 0.1) is 5.82 Å². The van der Waals surface area contributed by atoms with E-state index in [-0.39, 0.29) is 11.3 Å². The first-order valence-corrected chi connectivity index (χ1v) is 5.91. The number of H-pyrrole nitrogens is 1. The number of nitrogens with zero attached hydrogens (tertiary/aromatic N) is 1. The second-order valence-corrected chi connectivity index (χ2v) is 4.49. The molecule has 21 heavy (non-hydrogen) atoms. The van der Waals surface area contributed by atoms with E-state index in [1.165, 1.54) is 6.07 Å². The molecule has 0 aliphatic heterocycles. The van der Waals surface area contributed by atoms with Crippen molar-refractivity contribution in [2.45, 2.75) is 24.4 Å². The van der Waals surface area contributed by atoms with E-state index < -0.39 is 36.2 Å². The number of aliphatic hydroxyl groups excluding tert-OH is 4. The maximum Gasteiger partial charge on any atom is 0.335 e. The molecule has 8 nitrogen and oxygen atoms in total. The number of fused-ring (bicyclic) bond motifs is 1. The number of imidazole rings is 1. The molecule has 114 valence electrons. The number of carboxylic acids is 1. The molecule has 0 aliphatic rings. The fraction of sp³-hybridized carbons (Fsp3) is 0.333. The molecule has 0 aliphatic carbocycles. The van der Waals surface area contributed by atoms with Crippen molar-refractivity contribution in [2.24, 2.45) is 0 Å². The van der Waals surface area contributed by atoms with Gasteiger partial charge in [0.25, 0.3) is 0 Å². The molecular formula is C12H13FN2O6. The summed E-state index contributed by atoms with van der Waals surface area (Å²) >= 11 is 0. The first kappa shape index (κ1) is 15.3. The number of aliphatic hydroxyl groups is 4. The van der Waals surface area contributed by atoms with E-state index in [4.69, 9.17) is 10.2 Å². The van der Waals surface area contributed by atoms with E-state index in [2.05, 4.69) is 9.97 Å². The molecule has 2 rings (SSSR count). The minimum Gasteiger partial charge on any atom is -0.479 e. The Balaban J connectivity index is 2.24. The lowest BCUT2D eigenvalue weighted by Crippen LogP contribution is -2.45. The molecule has 0 amide bonds. The minimum atomic E-state index is -2.27. The van der Waals surface area contributed by atoms with Crippen LogP contribution in [0.2, 0.25) is 0 Å². The maximum absolute atomic E-state index is 13.0. The summed E-state index contributed by atoms with van der Waals surface area (Å²) in [5.41, 5.74) is 0.565. The van der Waals surface area contributed by atoms with Crippen LogP contribution in [0.4, 0.5) is 4.39 Å². The first-order chi connectivity index (χ1) is 9.81. The monoisotopic (exact) mass is 300 g/mol. The fourth-order valence-corrected chi connectivity index (χ4v) is 1.82. The van der Waals surface area contributed by atoms with E-state index in [1.54, 1.807) is 0 Å². The fourth-order valence-electron chi connectivity index (χ4n) is 1.82. The number of hydrogen-bond donors (Lipinski definition) is 6. The van der Waals surface area contributed by atoms with Gasteiger partial charge in [0.05, 0.1) is 11.0 Å². The number of carbonyl (C=O) groups is 1. The number of hydrogen-bond acceptors (Lipinski definition) is 6. The smallest absolute Gasteiger partial charge is 0.335 e. The predicted molar refractivity (Wildman–Crippen MR) is 66.7 cm³/mol. The molecule has 1 heterocycles. The van der Waals surface area contributed by atoms with Crippen LogP contribution in [0.1, 0.15) is 11.9 Å². The van der Waals surface area contributed by atoms with E-state index in [0.29, 0.717) is 5.52 Å². The van der Waals surface area contributed by atoms with Crippen molar-refractivity contribution in [3.05, 3.63) is 29.8 Å². The zero-order valence-electron chi connectivity index (χ0n) is 10.5. The molecule has 0 fully saturated rings. The second kappa shape index (κ2) is 5.74. The van der Waals surface area contributed by atoms with Gasteiger partial charge in [0.2, 0.25) is 0 Å². The number of benzene rings is 1. The number of halogens is 1. The highest BCUT2D eigenvalue weighted by molar-refractivity contribution is 5.75. The lowest BCUT2D eigenvalue weighted by Gasteiger charge is -2.23. The van der Waals surface area contributed by atoms with Crippen LogP contribution in [-0.4, -0.2) is 59.8 Å². The van der Waals surface area contributed by atoms with Crippen LogP contribution in [0.3, 0.4) is 0 Å². The largest absolute Gasteiger partial charge is 0.479 e. The number of carboxylic acid groups (broad SMARTS) is 1. The van der Waals surface area contributed by atoms with Crippen molar-refractivity contribution in [1.29, 1.82) is 0 Å². The van der Waals surface area contributed by atoms with Crippen molar-refractivity contribution in [3.63, 3.8) is 0 Å². The summed E-state index contributed by atoms with van der Waals surface area (Å²) in [6, 6.07) is 3.61. The van der Waals surface area contributed by atoms with Gasteiger partial charge in [-0.1, -0.05) is 0 Å². The summed E-state index contributed by atoms with van der Waals surface area (Å²) in [4.78, 5) is 16.9. The van der Waals surface area contributed by atoms with E-state index in [1.807, 2.05) is 0 Å². The number of rotatable bonds is 5. The van der Waals surface area contributed by atoms with Gasteiger partial charge in [-0.2, -0.15) is 0 Å². The third kappa shape index (κ3) is 3.00. The van der Waals surface area contributed by atoms with E-state index >= 15 is 0 Å². The van der Waals surface area contributed by atoms with Gasteiger partial charge >= 0.3 is 5.97 Å². The third-order valence-electron chi connectivity index (χ3n) is 2.99. The highest BCUT2D eigenvalue weighted by atomic mass is 19.1. The van der Waals surface area contributed by atoms with Gasteiger partial charge in [0.1, 0.15) is 30.0 Å². The van der Waals surface area contributed by atoms with Gasteiger partial charge in [-0.3, -0.25) is 0 Å². The molecule has 1 aromatic carbocycles. The molecule has 0 radical (unpaired) electrons. The van der Waals surface area contributed by atoms with Crippen LogP contribution in [0.25, 0.3) is 11.0 Å². The van der Waals surface area contributed by atoms with Gasteiger partial charge in [-0.25, -0.2) is 14.2 Å². The molecule has 0 saturated heterocycles. The Morgan fingerprint density at radius 1 is 1.19 bits per heavy atom. The topological polar surface area (TPSA) is 147 Å². The summed E-state index contributed by atoms with van der Waals surface area (Å²) in [7, 11) is 0. The zero-order valence-corrected chi connectivity index (χ0v) is 10.5. The SMILES string of the molecule is O=C(O)C(O)[C@@H](O)C(O)C(O)c1nc2ccc(F)cc2[nH]1. The second-order valence-electron chi connectivity index (χ2n) is 4.49. The van der Waals surface area contributed by atoms with Crippen molar-refractivity contribution in [1.82, 2.24) is 9.97 Å². The van der Waals surface area contributed by atoms with Gasteiger partial charge < -0.3 is 30.5 Å². The molecule has 0 spiro atoms. The highest BCUT2D eigenvalue weighted by Crippen LogP contribution is 2.21. The quantitative estimate of drug-likeness (QED) is 0.411. The number of aromatic nitrogens is 2. The summed E-state index contributed by atoms with van der Waals surface area (Å²) < 4.78 is 13.0. The molecule has 0 bridgehead atoms. The molecule has 4 atom stereocenters. The third-order valence-corrected chi connectivity index (χ3v) is 2.99. The molecule has 2 aromatic rings. The summed E-state index contributed by atoms with van der Waals surface area (Å²) in [5, 5.41) is 46.7.